The van der Waals surface area contributed by atoms with Crippen molar-refractivity contribution in [3.63, 3.8) is 0 Å². The summed E-state index contributed by atoms with van der Waals surface area (Å²) in [5.74, 6) is -0.869. The molecule has 2 aliphatic rings. The van der Waals surface area contributed by atoms with Crippen LogP contribution in [0.4, 0.5) is 0 Å². The summed E-state index contributed by atoms with van der Waals surface area (Å²) in [4.78, 5) is 33.5. The predicted octanol–water partition coefficient (Wildman–Crippen LogP) is 4.18. The summed E-state index contributed by atoms with van der Waals surface area (Å²) in [5.41, 5.74) is 3.76. The van der Waals surface area contributed by atoms with E-state index in [0.29, 0.717) is 37.2 Å². The summed E-state index contributed by atoms with van der Waals surface area (Å²) in [6.45, 7) is 6.60. The zero-order valence-electron chi connectivity index (χ0n) is 17.7. The van der Waals surface area contributed by atoms with Crippen LogP contribution in [0.2, 0.25) is 0 Å². The first kappa shape index (κ1) is 20.8. The standard InChI is InChI=1S/C23H26N2O4S/c1-13-19(15(3)26)21(18-12-30-22-17(18)6-5-9-24-22)20(14(2)25(13)4)23(27)29-16-7-10-28-11-8-16/h5-6,9,12,16,21H,7-8,10-11H2,1-4H3. The summed E-state index contributed by atoms with van der Waals surface area (Å²) in [6, 6.07) is 3.88. The maximum Gasteiger partial charge on any atom is 0.337 e. The van der Waals surface area contributed by atoms with Gasteiger partial charge < -0.3 is 14.4 Å². The van der Waals surface area contributed by atoms with Crippen LogP contribution in [0.15, 0.2) is 46.2 Å². The molecule has 1 saturated heterocycles. The van der Waals surface area contributed by atoms with Gasteiger partial charge in [0.1, 0.15) is 10.9 Å². The lowest BCUT2D eigenvalue weighted by Crippen LogP contribution is -2.34. The summed E-state index contributed by atoms with van der Waals surface area (Å²) in [7, 11) is 1.89. The van der Waals surface area contributed by atoms with Gasteiger partial charge in [-0.1, -0.05) is 6.07 Å². The zero-order valence-corrected chi connectivity index (χ0v) is 18.5. The van der Waals surface area contributed by atoms with Gasteiger partial charge in [-0.25, -0.2) is 9.78 Å². The van der Waals surface area contributed by atoms with Crippen molar-refractivity contribution in [3.05, 3.63) is 51.8 Å². The van der Waals surface area contributed by atoms with Crippen molar-refractivity contribution in [1.82, 2.24) is 9.88 Å². The van der Waals surface area contributed by atoms with E-state index in [4.69, 9.17) is 9.47 Å². The molecule has 1 unspecified atom stereocenters. The maximum atomic E-state index is 13.4. The quantitative estimate of drug-likeness (QED) is 0.683. The fourth-order valence-corrected chi connectivity index (χ4v) is 5.27. The van der Waals surface area contributed by atoms with Crippen LogP contribution in [0.5, 0.6) is 0 Å². The van der Waals surface area contributed by atoms with E-state index < -0.39 is 5.92 Å². The molecular weight excluding hydrogens is 400 g/mol. The molecule has 2 aromatic heterocycles. The fraction of sp³-hybridized carbons (Fsp3) is 0.435. The number of ketones is 1. The highest BCUT2D eigenvalue weighted by Gasteiger charge is 2.39. The smallest absolute Gasteiger partial charge is 0.337 e. The minimum absolute atomic E-state index is 0.0449. The molecule has 0 bridgehead atoms. The fourth-order valence-electron chi connectivity index (χ4n) is 4.33. The SMILES string of the molecule is CC(=O)C1=C(C)N(C)C(C)=C(C(=O)OC2CCOCC2)C1c1csc2ncccc12. The van der Waals surface area contributed by atoms with Gasteiger partial charge in [-0.3, -0.25) is 4.79 Å². The van der Waals surface area contributed by atoms with Crippen molar-refractivity contribution in [2.75, 3.05) is 20.3 Å². The number of Topliss-reactive ketones (excluding diaryl/α,β-unsaturated/α-hetero) is 1. The molecule has 30 heavy (non-hydrogen) atoms. The second kappa shape index (κ2) is 8.32. The normalized spacial score (nSPS) is 20.8. The number of allylic oxidation sites excluding steroid dienone is 3. The lowest BCUT2D eigenvalue weighted by Gasteiger charge is -2.36. The van der Waals surface area contributed by atoms with Crippen LogP contribution < -0.4 is 0 Å². The van der Waals surface area contributed by atoms with Crippen LogP contribution in [0.1, 0.15) is 45.1 Å². The van der Waals surface area contributed by atoms with Gasteiger partial charge in [0.25, 0.3) is 0 Å². The van der Waals surface area contributed by atoms with Crippen LogP contribution >= 0.6 is 11.3 Å². The third-order valence-corrected chi connectivity index (χ3v) is 7.02. The number of fused-ring (bicyclic) bond motifs is 1. The molecule has 4 heterocycles. The second-order valence-corrected chi connectivity index (χ2v) is 8.67. The van der Waals surface area contributed by atoms with Crippen LogP contribution in [0.3, 0.4) is 0 Å². The zero-order chi connectivity index (χ0) is 21.4. The van der Waals surface area contributed by atoms with Crippen molar-refractivity contribution in [2.24, 2.45) is 0 Å². The first-order valence-electron chi connectivity index (χ1n) is 10.2. The third kappa shape index (κ3) is 3.56. The van der Waals surface area contributed by atoms with Crippen LogP contribution in [0, 0.1) is 0 Å². The summed E-state index contributed by atoms with van der Waals surface area (Å²) in [6.07, 6.45) is 2.98. The van der Waals surface area contributed by atoms with E-state index >= 15 is 0 Å². The Morgan fingerprint density at radius 1 is 1.20 bits per heavy atom. The van der Waals surface area contributed by atoms with E-state index in [-0.39, 0.29) is 17.9 Å². The van der Waals surface area contributed by atoms with Gasteiger partial charge in [0, 0.05) is 54.4 Å². The average molecular weight is 427 g/mol. The van der Waals surface area contributed by atoms with Crippen molar-refractivity contribution in [2.45, 2.75) is 45.6 Å². The molecule has 158 valence electrons. The number of aromatic nitrogens is 1. The monoisotopic (exact) mass is 426 g/mol. The van der Waals surface area contributed by atoms with Gasteiger partial charge in [0.2, 0.25) is 0 Å². The van der Waals surface area contributed by atoms with Crippen molar-refractivity contribution in [3.8, 4) is 0 Å². The van der Waals surface area contributed by atoms with Crippen LogP contribution in [-0.4, -0.2) is 48.0 Å². The molecular formula is C23H26N2O4S. The van der Waals surface area contributed by atoms with Crippen molar-refractivity contribution < 1.29 is 19.1 Å². The number of hydrogen-bond acceptors (Lipinski definition) is 7. The summed E-state index contributed by atoms with van der Waals surface area (Å²) in [5, 5.41) is 2.98. The van der Waals surface area contributed by atoms with E-state index in [1.807, 2.05) is 43.3 Å². The number of carbonyl (C=O) groups is 2. The van der Waals surface area contributed by atoms with Gasteiger partial charge in [-0.05, 0) is 37.8 Å². The first-order valence-corrected chi connectivity index (χ1v) is 11.0. The largest absolute Gasteiger partial charge is 0.459 e. The Morgan fingerprint density at radius 3 is 2.60 bits per heavy atom. The number of hydrogen-bond donors (Lipinski definition) is 0. The summed E-state index contributed by atoms with van der Waals surface area (Å²) >= 11 is 1.52. The van der Waals surface area contributed by atoms with E-state index in [1.54, 1.807) is 13.1 Å². The second-order valence-electron chi connectivity index (χ2n) is 7.81. The molecule has 6 nitrogen and oxygen atoms in total. The first-order chi connectivity index (χ1) is 14.4. The molecule has 0 amide bonds. The highest BCUT2D eigenvalue weighted by atomic mass is 32.1. The molecule has 0 radical (unpaired) electrons. The number of thiophene rings is 1. The topological polar surface area (TPSA) is 68.7 Å². The number of esters is 1. The Hall–Kier alpha value is -2.51. The molecule has 0 aromatic carbocycles. The Labute approximate surface area is 180 Å². The van der Waals surface area contributed by atoms with Crippen LogP contribution in [-0.2, 0) is 19.1 Å². The number of pyridine rings is 1. The predicted molar refractivity (Wildman–Crippen MR) is 116 cm³/mol. The Balaban J connectivity index is 1.84. The molecule has 4 rings (SSSR count). The minimum atomic E-state index is -0.469. The lowest BCUT2D eigenvalue weighted by molar-refractivity contribution is -0.148. The molecule has 2 aliphatic heterocycles. The van der Waals surface area contributed by atoms with Gasteiger partial charge in [-0.15, -0.1) is 11.3 Å². The minimum Gasteiger partial charge on any atom is -0.459 e. The Morgan fingerprint density at radius 2 is 1.90 bits per heavy atom. The maximum absolute atomic E-state index is 13.4. The van der Waals surface area contributed by atoms with E-state index in [9.17, 15) is 9.59 Å². The highest BCUT2D eigenvalue weighted by Crippen LogP contribution is 2.45. The Bertz CT molecular complexity index is 1060. The Kier molecular flexibility index (Phi) is 5.75. The van der Waals surface area contributed by atoms with Crippen LogP contribution in [0.25, 0.3) is 10.2 Å². The van der Waals surface area contributed by atoms with E-state index in [2.05, 4.69) is 4.98 Å². The molecule has 2 aromatic rings. The van der Waals surface area contributed by atoms with Crippen molar-refractivity contribution in [1.29, 1.82) is 0 Å². The molecule has 0 N–H and O–H groups in total. The van der Waals surface area contributed by atoms with E-state index in [0.717, 1.165) is 27.2 Å². The lowest BCUT2D eigenvalue weighted by atomic mass is 9.78. The molecule has 0 aliphatic carbocycles. The van der Waals surface area contributed by atoms with Gasteiger partial charge >= 0.3 is 5.97 Å². The molecule has 1 atom stereocenters. The molecule has 1 fully saturated rings. The van der Waals surface area contributed by atoms with Gasteiger partial charge in [0.05, 0.1) is 18.8 Å². The van der Waals surface area contributed by atoms with Gasteiger partial charge in [-0.2, -0.15) is 0 Å². The average Bonchev–Trinajstić information content (AvgIpc) is 3.16. The number of nitrogens with zero attached hydrogens (tertiary/aromatic N) is 2. The third-order valence-electron chi connectivity index (χ3n) is 6.10. The summed E-state index contributed by atoms with van der Waals surface area (Å²) < 4.78 is 11.3. The molecule has 0 spiro atoms. The molecule has 7 heteroatoms. The number of carbonyl (C=O) groups excluding carboxylic acids is 2. The number of ether oxygens (including phenoxy) is 2. The molecule has 0 saturated carbocycles. The number of rotatable bonds is 4. The van der Waals surface area contributed by atoms with Crippen molar-refractivity contribution >= 4 is 33.3 Å². The van der Waals surface area contributed by atoms with E-state index in [1.165, 1.54) is 11.3 Å². The highest BCUT2D eigenvalue weighted by molar-refractivity contribution is 7.16. The van der Waals surface area contributed by atoms with Gasteiger partial charge in [0.15, 0.2) is 5.78 Å².